The molecule has 35 heavy (non-hydrogen) atoms. The molecule has 3 aromatic carbocycles. The van der Waals surface area contributed by atoms with Gasteiger partial charge in [0.05, 0.1) is 23.8 Å². The molecule has 0 bridgehead atoms. The van der Waals surface area contributed by atoms with Gasteiger partial charge < -0.3 is 19.5 Å². The lowest BCUT2D eigenvalue weighted by atomic mass is 10.2. The number of non-ortho nitro benzene ring substituents is 1. The number of ether oxygens (including phenoxy) is 3. The van der Waals surface area contributed by atoms with Crippen LogP contribution < -0.4 is 19.5 Å². The summed E-state index contributed by atoms with van der Waals surface area (Å²) in [5.74, 6) is 1.29. The molecule has 0 aliphatic rings. The Morgan fingerprint density at radius 2 is 1.69 bits per heavy atom. The molecule has 178 valence electrons. The number of rotatable bonds is 9. The monoisotopic (exact) mass is 494 g/mol. The first-order valence-corrected chi connectivity index (χ1v) is 10.6. The highest BCUT2D eigenvalue weighted by molar-refractivity contribution is 6.30. The van der Waals surface area contributed by atoms with Crippen LogP contribution in [0.1, 0.15) is 10.5 Å². The summed E-state index contributed by atoms with van der Waals surface area (Å²) in [6, 6.07) is 19.0. The molecule has 0 aliphatic carbocycles. The lowest BCUT2D eigenvalue weighted by Gasteiger charge is -2.12. The maximum atomic E-state index is 12.9. The second-order valence-corrected chi connectivity index (χ2v) is 7.58. The normalized spacial score (nSPS) is 10.5. The van der Waals surface area contributed by atoms with E-state index in [-0.39, 0.29) is 29.5 Å². The Kier molecular flexibility index (Phi) is 7.12. The molecule has 10 nitrogen and oxygen atoms in total. The smallest absolute Gasteiger partial charge is 0.275 e. The number of benzene rings is 3. The molecule has 1 amide bonds. The molecule has 4 rings (SSSR count). The summed E-state index contributed by atoms with van der Waals surface area (Å²) < 4.78 is 17.9. The molecule has 1 heterocycles. The SMILES string of the molecule is COc1ccc(Oc2cc(NC(=O)c3ccnn3COc3ccc(Cl)cc3)cc([N+](=O)[O-])c2)cc1. The van der Waals surface area contributed by atoms with E-state index < -0.39 is 10.8 Å². The van der Waals surface area contributed by atoms with Gasteiger partial charge in [0, 0.05) is 23.4 Å². The molecule has 0 radical (unpaired) electrons. The van der Waals surface area contributed by atoms with Gasteiger partial charge in [-0.15, -0.1) is 0 Å². The van der Waals surface area contributed by atoms with E-state index in [9.17, 15) is 14.9 Å². The Morgan fingerprint density at radius 1 is 1.00 bits per heavy atom. The molecule has 4 aromatic rings. The van der Waals surface area contributed by atoms with Crippen LogP contribution in [0.2, 0.25) is 5.02 Å². The van der Waals surface area contributed by atoms with E-state index in [4.69, 9.17) is 25.8 Å². The van der Waals surface area contributed by atoms with Crippen molar-refractivity contribution in [1.29, 1.82) is 0 Å². The molecule has 1 aromatic heterocycles. The minimum absolute atomic E-state index is 0.0296. The van der Waals surface area contributed by atoms with Gasteiger partial charge in [-0.2, -0.15) is 5.10 Å². The summed E-state index contributed by atoms with van der Waals surface area (Å²) in [5, 5.41) is 18.8. The highest BCUT2D eigenvalue weighted by atomic mass is 35.5. The van der Waals surface area contributed by atoms with Gasteiger partial charge >= 0.3 is 0 Å². The standard InChI is InChI=1S/C24H19ClN4O6/c1-33-19-6-8-21(9-7-19)35-22-13-17(12-18(14-22)29(31)32)27-24(30)23-10-11-26-28(23)15-34-20-4-2-16(25)3-5-20/h2-14H,15H2,1H3,(H,27,30). The molecule has 0 fully saturated rings. The fourth-order valence-corrected chi connectivity index (χ4v) is 3.22. The maximum Gasteiger partial charge on any atom is 0.275 e. The predicted molar refractivity (Wildman–Crippen MR) is 128 cm³/mol. The van der Waals surface area contributed by atoms with Crippen molar-refractivity contribution in [2.75, 3.05) is 12.4 Å². The van der Waals surface area contributed by atoms with Crippen molar-refractivity contribution in [3.05, 3.63) is 99.8 Å². The Labute approximate surface area is 204 Å². The Hall–Kier alpha value is -4.57. The van der Waals surface area contributed by atoms with E-state index >= 15 is 0 Å². The number of hydrogen-bond acceptors (Lipinski definition) is 7. The van der Waals surface area contributed by atoms with Gasteiger partial charge in [0.25, 0.3) is 11.6 Å². The van der Waals surface area contributed by atoms with Crippen molar-refractivity contribution < 1.29 is 23.9 Å². The maximum absolute atomic E-state index is 12.9. The number of anilines is 1. The van der Waals surface area contributed by atoms with E-state index in [0.717, 1.165) is 0 Å². The van der Waals surface area contributed by atoms with Gasteiger partial charge in [0.1, 0.15) is 28.7 Å². The number of hydrogen-bond donors (Lipinski definition) is 1. The number of carbonyl (C=O) groups excluding carboxylic acids is 1. The summed E-state index contributed by atoms with van der Waals surface area (Å²) >= 11 is 5.87. The van der Waals surface area contributed by atoms with Gasteiger partial charge in [0.2, 0.25) is 0 Å². The Bertz CT molecular complexity index is 1340. The summed E-state index contributed by atoms with van der Waals surface area (Å²) in [6.07, 6.45) is 1.45. The number of nitro groups is 1. The molecule has 0 saturated heterocycles. The molecule has 11 heteroatoms. The van der Waals surface area contributed by atoms with E-state index in [1.807, 2.05) is 0 Å². The summed E-state index contributed by atoms with van der Waals surface area (Å²) in [6.45, 7) is -0.0296. The molecular formula is C24H19ClN4O6. The topological polar surface area (TPSA) is 118 Å². The zero-order valence-corrected chi connectivity index (χ0v) is 19.1. The zero-order valence-electron chi connectivity index (χ0n) is 18.4. The summed E-state index contributed by atoms with van der Waals surface area (Å²) in [4.78, 5) is 23.8. The quantitative estimate of drug-likeness (QED) is 0.240. The first-order chi connectivity index (χ1) is 16.9. The van der Waals surface area contributed by atoms with Crippen molar-refractivity contribution in [3.8, 4) is 23.0 Å². The van der Waals surface area contributed by atoms with Crippen LogP contribution in [-0.2, 0) is 6.73 Å². The first-order valence-electron chi connectivity index (χ1n) is 10.2. The van der Waals surface area contributed by atoms with Gasteiger partial charge in [-0.25, -0.2) is 4.68 Å². The first kappa shape index (κ1) is 23.6. The Morgan fingerprint density at radius 3 is 2.37 bits per heavy atom. The van der Waals surface area contributed by atoms with Gasteiger partial charge in [-0.1, -0.05) is 11.6 Å². The van der Waals surface area contributed by atoms with Crippen molar-refractivity contribution in [3.63, 3.8) is 0 Å². The number of amides is 1. The van der Waals surface area contributed by atoms with Crippen LogP contribution in [0.4, 0.5) is 11.4 Å². The van der Waals surface area contributed by atoms with Crippen LogP contribution in [0.5, 0.6) is 23.0 Å². The number of nitrogens with zero attached hydrogens (tertiary/aromatic N) is 3. The third-order valence-electron chi connectivity index (χ3n) is 4.77. The van der Waals surface area contributed by atoms with Gasteiger partial charge in [-0.3, -0.25) is 14.9 Å². The average Bonchev–Trinajstić information content (AvgIpc) is 3.33. The van der Waals surface area contributed by atoms with Crippen LogP contribution in [0.3, 0.4) is 0 Å². The van der Waals surface area contributed by atoms with Crippen molar-refractivity contribution in [2.24, 2.45) is 0 Å². The summed E-state index contributed by atoms with van der Waals surface area (Å²) in [7, 11) is 1.54. The van der Waals surface area contributed by atoms with Crippen LogP contribution >= 0.6 is 11.6 Å². The highest BCUT2D eigenvalue weighted by Gasteiger charge is 2.17. The number of aromatic nitrogens is 2. The minimum Gasteiger partial charge on any atom is -0.497 e. The van der Waals surface area contributed by atoms with Crippen molar-refractivity contribution in [1.82, 2.24) is 9.78 Å². The van der Waals surface area contributed by atoms with Gasteiger partial charge in [-0.05, 0) is 54.6 Å². The Balaban J connectivity index is 1.50. The lowest BCUT2D eigenvalue weighted by Crippen LogP contribution is -2.19. The van der Waals surface area contributed by atoms with E-state index in [1.165, 1.54) is 35.1 Å². The molecule has 0 atom stereocenters. The van der Waals surface area contributed by atoms with Crippen LogP contribution in [-0.4, -0.2) is 27.7 Å². The number of carbonyl (C=O) groups is 1. The second-order valence-electron chi connectivity index (χ2n) is 7.15. The lowest BCUT2D eigenvalue weighted by molar-refractivity contribution is -0.384. The van der Waals surface area contributed by atoms with E-state index in [0.29, 0.717) is 22.3 Å². The second kappa shape index (κ2) is 10.6. The largest absolute Gasteiger partial charge is 0.497 e. The molecule has 0 saturated carbocycles. The van der Waals surface area contributed by atoms with E-state index in [1.54, 1.807) is 55.6 Å². The van der Waals surface area contributed by atoms with E-state index in [2.05, 4.69) is 10.4 Å². The number of nitro benzene ring substituents is 1. The third kappa shape index (κ3) is 6.06. The molecule has 0 aliphatic heterocycles. The fourth-order valence-electron chi connectivity index (χ4n) is 3.09. The predicted octanol–water partition coefficient (Wildman–Crippen LogP) is 5.53. The van der Waals surface area contributed by atoms with Crippen LogP contribution in [0.15, 0.2) is 79.0 Å². The minimum atomic E-state index is -0.569. The van der Waals surface area contributed by atoms with Crippen molar-refractivity contribution in [2.45, 2.75) is 6.73 Å². The average molecular weight is 495 g/mol. The zero-order chi connectivity index (χ0) is 24.8. The number of halogens is 1. The molecule has 1 N–H and O–H groups in total. The van der Waals surface area contributed by atoms with Crippen LogP contribution in [0, 0.1) is 10.1 Å². The number of nitrogens with one attached hydrogen (secondary N) is 1. The van der Waals surface area contributed by atoms with Gasteiger partial charge in [0.15, 0.2) is 6.73 Å². The summed E-state index contributed by atoms with van der Waals surface area (Å²) in [5.41, 5.74) is 0.132. The third-order valence-corrected chi connectivity index (χ3v) is 5.02. The molecule has 0 spiro atoms. The number of methoxy groups -OCH3 is 1. The molecular weight excluding hydrogens is 476 g/mol. The highest BCUT2D eigenvalue weighted by Crippen LogP contribution is 2.31. The fraction of sp³-hybridized carbons (Fsp3) is 0.0833. The molecule has 0 unspecified atom stereocenters. The van der Waals surface area contributed by atoms with Crippen molar-refractivity contribution >= 4 is 28.9 Å². The van der Waals surface area contributed by atoms with Crippen LogP contribution in [0.25, 0.3) is 0 Å².